The van der Waals surface area contributed by atoms with Crippen molar-refractivity contribution < 1.29 is 0 Å². The van der Waals surface area contributed by atoms with E-state index in [1.165, 1.54) is 147 Å². The predicted octanol–water partition coefficient (Wildman–Crippen LogP) is 12.6. The van der Waals surface area contributed by atoms with Crippen molar-refractivity contribution >= 4 is 131 Å². The molecule has 2 aliphatic rings. The maximum atomic E-state index is 2.66. The summed E-state index contributed by atoms with van der Waals surface area (Å²) in [6.45, 7) is 4.54. The van der Waals surface area contributed by atoms with Gasteiger partial charge in [0, 0.05) is 38.4 Å². The van der Waals surface area contributed by atoms with Gasteiger partial charge in [-0.1, -0.05) is 126 Å². The first-order chi connectivity index (χ1) is 29.1. The average Bonchev–Trinajstić information content (AvgIpc) is 3.77. The van der Waals surface area contributed by atoms with E-state index in [-0.39, 0.29) is 6.71 Å². The highest BCUT2D eigenvalue weighted by molar-refractivity contribution is 7.02. The topological polar surface area (TPSA) is 9.86 Å². The van der Waals surface area contributed by atoms with Crippen LogP contribution in [0.2, 0.25) is 0 Å². The summed E-state index contributed by atoms with van der Waals surface area (Å²) in [5.41, 5.74) is 14.6. The number of rotatable bonds is 0. The van der Waals surface area contributed by atoms with Crippen molar-refractivity contribution in [1.82, 2.24) is 9.13 Å². The second kappa shape index (κ2) is 10.4. The molecule has 0 fully saturated rings. The van der Waals surface area contributed by atoms with Crippen LogP contribution in [-0.4, -0.2) is 15.8 Å². The third-order valence-electron chi connectivity index (χ3n) is 14.3. The molecule has 3 heteroatoms. The SMILES string of the molecule is Cc1ccc2c(c1)c1cc(C)cc3c1n2-c1cccc2c1B3c1c3c4ccccc4c4ccccc4c3cc3c4cc5c6ccccc6c6ccccc6c5cc4n-2c13. The smallest absolute Gasteiger partial charge is 0.253 e. The van der Waals surface area contributed by atoms with Gasteiger partial charge >= 0.3 is 0 Å². The first-order valence-corrected chi connectivity index (χ1v) is 20.9. The van der Waals surface area contributed by atoms with Crippen molar-refractivity contribution in [3.8, 4) is 11.4 Å². The largest absolute Gasteiger partial charge is 0.310 e. The third-order valence-corrected chi connectivity index (χ3v) is 14.3. The number of nitrogens with zero attached hydrogens (tertiary/aromatic N) is 2. The van der Waals surface area contributed by atoms with Gasteiger partial charge < -0.3 is 9.13 Å². The number of benzene rings is 11. The molecular weight excluding hydrogens is 711 g/mol. The molecule has 2 aromatic heterocycles. The molecule has 4 heterocycles. The van der Waals surface area contributed by atoms with E-state index < -0.39 is 0 Å². The normalized spacial score (nSPS) is 13.2. The number of hydrogen-bond donors (Lipinski definition) is 0. The van der Waals surface area contributed by atoms with Crippen molar-refractivity contribution in [3.05, 3.63) is 175 Å². The van der Waals surface area contributed by atoms with Gasteiger partial charge in [-0.25, -0.2) is 0 Å². The van der Waals surface area contributed by atoms with Crippen LogP contribution in [-0.2, 0) is 0 Å². The standard InChI is InChI=1S/C56H33BN2/c1-30-22-23-48-42(24-30)45-25-31(2)26-47-55(45)58(48)49-20-11-21-50-53(49)57(47)54-52-39-19-10-9-15-35(39)34-14-5-8-18-38(34)44(52)28-46-43-27-40-36-16-6-3-12-32(36)33-13-4-7-17-37(33)41(40)29-51(43)59(50)56(46)54/h3-29H,1-2H3. The lowest BCUT2D eigenvalue weighted by Crippen LogP contribution is -2.59. The van der Waals surface area contributed by atoms with Crippen molar-refractivity contribution in [2.75, 3.05) is 0 Å². The van der Waals surface area contributed by atoms with Crippen LogP contribution in [0.1, 0.15) is 11.1 Å². The minimum absolute atomic E-state index is 0.0326. The van der Waals surface area contributed by atoms with Crippen molar-refractivity contribution in [3.63, 3.8) is 0 Å². The fourth-order valence-corrected chi connectivity index (χ4v) is 12.1. The Bertz CT molecular complexity index is 4160. The van der Waals surface area contributed by atoms with Gasteiger partial charge in [-0.15, -0.1) is 0 Å². The molecule has 13 aromatic rings. The van der Waals surface area contributed by atoms with Crippen molar-refractivity contribution in [1.29, 1.82) is 0 Å². The molecule has 0 radical (unpaired) electrons. The molecule has 0 saturated heterocycles. The van der Waals surface area contributed by atoms with Crippen molar-refractivity contribution in [2.45, 2.75) is 13.8 Å². The lowest BCUT2D eigenvalue weighted by Gasteiger charge is -2.34. The van der Waals surface area contributed by atoms with Crippen LogP contribution < -0.4 is 16.4 Å². The molecule has 0 amide bonds. The van der Waals surface area contributed by atoms with Crippen LogP contribution in [0.15, 0.2) is 164 Å². The summed E-state index contributed by atoms with van der Waals surface area (Å²) < 4.78 is 5.26. The Hall–Kier alpha value is -7.36. The zero-order valence-corrected chi connectivity index (χ0v) is 32.6. The van der Waals surface area contributed by atoms with Crippen molar-refractivity contribution in [2.24, 2.45) is 0 Å². The van der Waals surface area contributed by atoms with Crippen LogP contribution in [0.3, 0.4) is 0 Å². The summed E-state index contributed by atoms with van der Waals surface area (Å²) in [5.74, 6) is 0. The highest BCUT2D eigenvalue weighted by atomic mass is 15.0. The van der Waals surface area contributed by atoms with Crippen LogP contribution in [0.5, 0.6) is 0 Å². The van der Waals surface area contributed by atoms with Gasteiger partial charge in [0.05, 0.1) is 16.6 Å². The summed E-state index contributed by atoms with van der Waals surface area (Å²) in [6, 6.07) is 62.9. The lowest BCUT2D eigenvalue weighted by atomic mass is 9.33. The quantitative estimate of drug-likeness (QED) is 0.108. The van der Waals surface area contributed by atoms with Gasteiger partial charge in [-0.05, 0) is 143 Å². The summed E-state index contributed by atoms with van der Waals surface area (Å²) in [5, 5.41) is 21.1. The summed E-state index contributed by atoms with van der Waals surface area (Å²) >= 11 is 0. The van der Waals surface area contributed by atoms with Crippen LogP contribution in [0, 0.1) is 13.8 Å². The molecule has 0 saturated carbocycles. The highest BCUT2D eigenvalue weighted by Crippen LogP contribution is 2.46. The number of hydrogen-bond acceptors (Lipinski definition) is 0. The maximum absolute atomic E-state index is 2.66. The van der Waals surface area contributed by atoms with Gasteiger partial charge in [-0.3, -0.25) is 0 Å². The Morgan fingerprint density at radius 3 is 1.47 bits per heavy atom. The third kappa shape index (κ3) is 3.55. The summed E-state index contributed by atoms with van der Waals surface area (Å²) in [6.07, 6.45) is 0. The molecule has 15 rings (SSSR count). The zero-order chi connectivity index (χ0) is 38.4. The fourth-order valence-electron chi connectivity index (χ4n) is 12.1. The molecule has 0 bridgehead atoms. The van der Waals surface area contributed by atoms with Gasteiger partial charge in [-0.2, -0.15) is 0 Å². The van der Waals surface area contributed by atoms with E-state index in [1.807, 2.05) is 0 Å². The van der Waals surface area contributed by atoms with Gasteiger partial charge in [0.2, 0.25) is 0 Å². The van der Waals surface area contributed by atoms with E-state index in [4.69, 9.17) is 0 Å². The molecule has 0 N–H and O–H groups in total. The monoisotopic (exact) mass is 744 g/mol. The summed E-state index contributed by atoms with van der Waals surface area (Å²) in [7, 11) is 0. The molecule has 0 aliphatic carbocycles. The molecule has 59 heavy (non-hydrogen) atoms. The van der Waals surface area contributed by atoms with E-state index in [9.17, 15) is 0 Å². The molecule has 270 valence electrons. The highest BCUT2D eigenvalue weighted by Gasteiger charge is 2.42. The van der Waals surface area contributed by atoms with E-state index in [1.54, 1.807) is 0 Å². The first-order valence-electron chi connectivity index (χ1n) is 20.9. The molecule has 0 unspecified atom stereocenters. The van der Waals surface area contributed by atoms with E-state index >= 15 is 0 Å². The van der Waals surface area contributed by atoms with Crippen LogP contribution >= 0.6 is 0 Å². The second-order valence-corrected chi connectivity index (χ2v) is 17.3. The number of aryl methyl sites for hydroxylation is 2. The van der Waals surface area contributed by atoms with E-state index in [0.29, 0.717) is 0 Å². The molecular formula is C56H33BN2. The van der Waals surface area contributed by atoms with Gasteiger partial charge in [0.15, 0.2) is 0 Å². The van der Waals surface area contributed by atoms with Gasteiger partial charge in [0.1, 0.15) is 0 Å². The molecule has 2 nitrogen and oxygen atoms in total. The Labute approximate surface area is 339 Å². The lowest BCUT2D eigenvalue weighted by molar-refractivity contribution is 1.14. The minimum atomic E-state index is 0.0326. The molecule has 0 atom stereocenters. The zero-order valence-electron chi connectivity index (χ0n) is 32.6. The maximum Gasteiger partial charge on any atom is 0.253 e. The minimum Gasteiger partial charge on any atom is -0.310 e. The Balaban J connectivity index is 1.25. The molecule has 11 aromatic carbocycles. The summed E-state index contributed by atoms with van der Waals surface area (Å²) in [4.78, 5) is 0. The molecule has 0 spiro atoms. The molecule has 2 aliphatic heterocycles. The fraction of sp³-hybridized carbons (Fsp3) is 0.0357. The first kappa shape index (κ1) is 30.7. The van der Waals surface area contributed by atoms with E-state index in [2.05, 4.69) is 187 Å². The second-order valence-electron chi connectivity index (χ2n) is 17.3. The van der Waals surface area contributed by atoms with Crippen LogP contribution in [0.25, 0.3) is 120 Å². The Kier molecular flexibility index (Phi) is 5.41. The Morgan fingerprint density at radius 1 is 0.322 bits per heavy atom. The van der Waals surface area contributed by atoms with Gasteiger partial charge in [0.25, 0.3) is 6.71 Å². The predicted molar refractivity (Wildman–Crippen MR) is 254 cm³/mol. The average molecular weight is 745 g/mol. The number of aromatic nitrogens is 2. The number of fused-ring (bicyclic) bond motifs is 23. The Morgan fingerprint density at radius 2 is 0.814 bits per heavy atom. The van der Waals surface area contributed by atoms with E-state index in [0.717, 1.165) is 0 Å². The van der Waals surface area contributed by atoms with Crippen LogP contribution in [0.4, 0.5) is 0 Å².